The number of benzene rings is 1. The molecule has 1 rings (SSSR count). The van der Waals surface area contributed by atoms with E-state index in [1.165, 1.54) is 12.1 Å². The van der Waals surface area contributed by atoms with Crippen LogP contribution in [0.25, 0.3) is 0 Å². The molecule has 108 valence electrons. The molecule has 0 aromatic heterocycles. The Morgan fingerprint density at radius 3 is 2.68 bits per heavy atom. The maximum absolute atomic E-state index is 12.1. The van der Waals surface area contributed by atoms with E-state index in [0.717, 1.165) is 0 Å². The van der Waals surface area contributed by atoms with Crippen LogP contribution in [0.1, 0.15) is 25.3 Å². The van der Waals surface area contributed by atoms with E-state index in [1.54, 1.807) is 13.8 Å². The number of anilines is 1. The van der Waals surface area contributed by atoms with Gasteiger partial charge in [0, 0.05) is 6.54 Å². The molecule has 19 heavy (non-hydrogen) atoms. The largest absolute Gasteiger partial charge is 0.397 e. The van der Waals surface area contributed by atoms with Crippen molar-refractivity contribution in [2.45, 2.75) is 37.7 Å². The fourth-order valence-corrected chi connectivity index (χ4v) is 3.19. The van der Waals surface area contributed by atoms with Crippen LogP contribution in [0.5, 0.6) is 0 Å². The van der Waals surface area contributed by atoms with Crippen molar-refractivity contribution in [1.82, 2.24) is 4.72 Å². The van der Waals surface area contributed by atoms with Crippen LogP contribution in [-0.4, -0.2) is 26.2 Å². The highest BCUT2D eigenvalue weighted by Crippen LogP contribution is 2.26. The second-order valence-electron chi connectivity index (χ2n) is 4.53. The molecule has 0 amide bonds. The van der Waals surface area contributed by atoms with Gasteiger partial charge < -0.3 is 10.8 Å². The maximum Gasteiger partial charge on any atom is 0.240 e. The molecular weight excluding hydrogens is 288 g/mol. The molecular formula is C12H19ClN2O3S. The van der Waals surface area contributed by atoms with E-state index >= 15 is 0 Å². The standard InChI is InChI=1S/C12H19ClN2O3S/c1-8-6-10(13)11(14)7-12(8)19(17,18)15-5-3-4-9(2)16/h6-7,9,15-16H,3-5,14H2,1-2H3. The molecule has 4 N–H and O–H groups in total. The Morgan fingerprint density at radius 1 is 1.47 bits per heavy atom. The van der Waals surface area contributed by atoms with Gasteiger partial charge in [0.15, 0.2) is 0 Å². The molecule has 0 aliphatic rings. The number of aliphatic hydroxyl groups excluding tert-OH is 1. The number of aryl methyl sites for hydroxylation is 1. The maximum atomic E-state index is 12.1. The highest BCUT2D eigenvalue weighted by atomic mass is 35.5. The molecule has 0 saturated carbocycles. The number of nitrogen functional groups attached to an aromatic ring is 1. The number of sulfonamides is 1. The van der Waals surface area contributed by atoms with E-state index < -0.39 is 16.1 Å². The molecule has 0 saturated heterocycles. The summed E-state index contributed by atoms with van der Waals surface area (Å²) in [6, 6.07) is 2.88. The second-order valence-corrected chi connectivity index (χ2v) is 6.67. The van der Waals surface area contributed by atoms with Crippen LogP contribution in [0.15, 0.2) is 17.0 Å². The number of nitrogens with two attached hydrogens (primary N) is 1. The van der Waals surface area contributed by atoms with Crippen molar-refractivity contribution in [1.29, 1.82) is 0 Å². The summed E-state index contributed by atoms with van der Waals surface area (Å²) in [6.45, 7) is 3.60. The van der Waals surface area contributed by atoms with E-state index in [0.29, 0.717) is 23.4 Å². The van der Waals surface area contributed by atoms with Gasteiger partial charge in [-0.25, -0.2) is 13.1 Å². The molecule has 1 aromatic rings. The first-order valence-corrected chi connectivity index (χ1v) is 7.83. The summed E-state index contributed by atoms with van der Waals surface area (Å²) >= 11 is 5.83. The zero-order chi connectivity index (χ0) is 14.6. The number of hydrogen-bond donors (Lipinski definition) is 3. The molecule has 0 radical (unpaired) electrons. The summed E-state index contributed by atoms with van der Waals surface area (Å²) in [5.74, 6) is 0. The van der Waals surface area contributed by atoms with Gasteiger partial charge in [0.25, 0.3) is 0 Å². The van der Waals surface area contributed by atoms with Gasteiger partial charge in [-0.05, 0) is 44.4 Å². The zero-order valence-electron chi connectivity index (χ0n) is 11.0. The highest BCUT2D eigenvalue weighted by Gasteiger charge is 2.17. The lowest BCUT2D eigenvalue weighted by Crippen LogP contribution is -2.26. The summed E-state index contributed by atoms with van der Waals surface area (Å²) in [7, 11) is -3.60. The molecule has 0 bridgehead atoms. The van der Waals surface area contributed by atoms with Crippen molar-refractivity contribution < 1.29 is 13.5 Å². The van der Waals surface area contributed by atoms with Gasteiger partial charge >= 0.3 is 0 Å². The van der Waals surface area contributed by atoms with Crippen molar-refractivity contribution in [3.63, 3.8) is 0 Å². The first kappa shape index (κ1) is 16.2. The first-order chi connectivity index (χ1) is 8.74. The molecule has 0 aliphatic heterocycles. The second kappa shape index (κ2) is 6.56. The van der Waals surface area contributed by atoms with Gasteiger partial charge in [-0.15, -0.1) is 0 Å². The first-order valence-electron chi connectivity index (χ1n) is 5.97. The Balaban J connectivity index is 2.80. The van der Waals surface area contributed by atoms with E-state index in [2.05, 4.69) is 4.72 Å². The van der Waals surface area contributed by atoms with Gasteiger partial charge in [-0.1, -0.05) is 11.6 Å². The smallest absolute Gasteiger partial charge is 0.240 e. The van der Waals surface area contributed by atoms with Crippen LogP contribution in [0.3, 0.4) is 0 Å². The third kappa shape index (κ3) is 4.65. The molecule has 1 unspecified atom stereocenters. The van der Waals surface area contributed by atoms with Crippen LogP contribution in [0.4, 0.5) is 5.69 Å². The number of nitrogens with one attached hydrogen (secondary N) is 1. The monoisotopic (exact) mass is 306 g/mol. The molecule has 0 spiro atoms. The average molecular weight is 307 g/mol. The summed E-state index contributed by atoms with van der Waals surface area (Å²) in [5, 5.41) is 9.44. The predicted molar refractivity (Wildman–Crippen MR) is 76.7 cm³/mol. The van der Waals surface area contributed by atoms with Crippen molar-refractivity contribution in [2.75, 3.05) is 12.3 Å². The molecule has 0 heterocycles. The normalized spacial score (nSPS) is 13.5. The van der Waals surface area contributed by atoms with Gasteiger partial charge in [0.2, 0.25) is 10.0 Å². The van der Waals surface area contributed by atoms with Crippen LogP contribution in [-0.2, 0) is 10.0 Å². The van der Waals surface area contributed by atoms with E-state index in [-0.39, 0.29) is 17.1 Å². The SMILES string of the molecule is Cc1cc(Cl)c(N)cc1S(=O)(=O)NCCCC(C)O. The number of hydrogen-bond acceptors (Lipinski definition) is 4. The minimum absolute atomic E-state index is 0.131. The van der Waals surface area contributed by atoms with Gasteiger partial charge in [-0.2, -0.15) is 0 Å². The lowest BCUT2D eigenvalue weighted by Gasteiger charge is -2.11. The van der Waals surface area contributed by atoms with Gasteiger partial charge in [0.05, 0.1) is 21.7 Å². The fourth-order valence-electron chi connectivity index (χ4n) is 1.64. The van der Waals surface area contributed by atoms with Crippen LogP contribution >= 0.6 is 11.6 Å². The van der Waals surface area contributed by atoms with E-state index in [1.807, 2.05) is 0 Å². The minimum Gasteiger partial charge on any atom is -0.397 e. The Hall–Kier alpha value is -0.820. The number of halogens is 1. The molecule has 1 atom stereocenters. The average Bonchev–Trinajstić information content (AvgIpc) is 2.29. The Bertz CT molecular complexity index is 544. The van der Waals surface area contributed by atoms with E-state index in [4.69, 9.17) is 22.4 Å². The lowest BCUT2D eigenvalue weighted by molar-refractivity contribution is 0.182. The fraction of sp³-hybridized carbons (Fsp3) is 0.500. The van der Waals surface area contributed by atoms with Gasteiger partial charge in [-0.3, -0.25) is 0 Å². The Morgan fingerprint density at radius 2 is 2.11 bits per heavy atom. The number of rotatable bonds is 6. The van der Waals surface area contributed by atoms with E-state index in [9.17, 15) is 8.42 Å². The third-order valence-electron chi connectivity index (χ3n) is 2.67. The third-order valence-corrected chi connectivity index (χ3v) is 4.60. The summed E-state index contributed by atoms with van der Waals surface area (Å²) in [4.78, 5) is 0.131. The van der Waals surface area contributed by atoms with Crippen LogP contribution < -0.4 is 10.5 Å². The Kier molecular flexibility index (Phi) is 5.61. The zero-order valence-corrected chi connectivity index (χ0v) is 12.6. The van der Waals surface area contributed by atoms with Gasteiger partial charge in [0.1, 0.15) is 0 Å². The summed E-state index contributed by atoms with van der Waals surface area (Å²) in [5.41, 5.74) is 6.40. The highest BCUT2D eigenvalue weighted by molar-refractivity contribution is 7.89. The topological polar surface area (TPSA) is 92.4 Å². The Labute approximate surface area is 118 Å². The van der Waals surface area contributed by atoms with Crippen LogP contribution in [0.2, 0.25) is 5.02 Å². The van der Waals surface area contributed by atoms with Crippen molar-refractivity contribution in [3.8, 4) is 0 Å². The lowest BCUT2D eigenvalue weighted by atomic mass is 10.2. The predicted octanol–water partition coefficient (Wildman–Crippen LogP) is 1.67. The van der Waals surface area contributed by atoms with Crippen molar-refractivity contribution in [3.05, 3.63) is 22.7 Å². The molecule has 1 aromatic carbocycles. The van der Waals surface area contributed by atoms with Crippen LogP contribution in [0, 0.1) is 6.92 Å². The molecule has 0 fully saturated rings. The summed E-state index contributed by atoms with van der Waals surface area (Å²) in [6.07, 6.45) is 0.681. The quantitative estimate of drug-likeness (QED) is 0.550. The minimum atomic E-state index is -3.60. The summed E-state index contributed by atoms with van der Waals surface area (Å²) < 4.78 is 26.7. The molecule has 5 nitrogen and oxygen atoms in total. The van der Waals surface area contributed by atoms with Crippen molar-refractivity contribution in [2.24, 2.45) is 0 Å². The van der Waals surface area contributed by atoms with Crippen molar-refractivity contribution >= 4 is 27.3 Å². The molecule has 0 aliphatic carbocycles. The molecule has 7 heteroatoms. The number of aliphatic hydroxyl groups is 1.